The number of anilines is 2. The lowest BCUT2D eigenvalue weighted by molar-refractivity contribution is 0.101. The van der Waals surface area contributed by atoms with Crippen LogP contribution < -0.4 is 15.4 Å². The minimum Gasteiger partial charge on any atom is -0.495 e. The zero-order valence-corrected chi connectivity index (χ0v) is 19.8. The van der Waals surface area contributed by atoms with Crippen molar-refractivity contribution < 1.29 is 23.2 Å². The Morgan fingerprint density at radius 1 is 1.00 bits per heavy atom. The van der Waals surface area contributed by atoms with Gasteiger partial charge in [-0.05, 0) is 55.5 Å². The number of nitrogens with one attached hydrogen (secondary N) is 2. The molecule has 4 rings (SSSR count). The van der Waals surface area contributed by atoms with Crippen molar-refractivity contribution in [3.8, 4) is 5.75 Å². The number of thioether (sulfide) groups is 1. The number of nitrogens with zero attached hydrogens (tertiary/aromatic N) is 1. The number of aromatic nitrogens is 1. The highest BCUT2D eigenvalue weighted by atomic mass is 32.2. The minimum atomic E-state index is -0.513. The average Bonchev–Trinajstić information content (AvgIpc) is 3.28. The van der Waals surface area contributed by atoms with Gasteiger partial charge in [-0.25, -0.2) is 4.39 Å². The number of halogens is 1. The van der Waals surface area contributed by atoms with Gasteiger partial charge in [0.1, 0.15) is 17.3 Å². The van der Waals surface area contributed by atoms with Crippen LogP contribution in [0.2, 0.25) is 0 Å². The summed E-state index contributed by atoms with van der Waals surface area (Å²) < 4.78 is 24.1. The molecule has 2 amide bonds. The Kier molecular flexibility index (Phi) is 7.47. The smallest absolute Gasteiger partial charge is 0.256 e. The molecule has 0 aliphatic carbocycles. The molecule has 0 bridgehead atoms. The Balaban J connectivity index is 1.50. The zero-order valence-electron chi connectivity index (χ0n) is 19.0. The van der Waals surface area contributed by atoms with Crippen molar-refractivity contribution >= 4 is 35.0 Å². The van der Waals surface area contributed by atoms with Gasteiger partial charge < -0.3 is 19.9 Å². The van der Waals surface area contributed by atoms with Crippen molar-refractivity contribution in [2.45, 2.75) is 17.6 Å². The average molecular weight is 492 g/mol. The number of amides is 2. The first-order chi connectivity index (χ1) is 16.9. The maximum absolute atomic E-state index is 13.5. The molecule has 0 spiro atoms. The fourth-order valence-corrected chi connectivity index (χ4v) is 4.24. The fraction of sp³-hybridized carbons (Fsp3) is 0.115. The first-order valence-electron chi connectivity index (χ1n) is 10.6. The van der Waals surface area contributed by atoms with Gasteiger partial charge in [-0.1, -0.05) is 23.4 Å². The molecule has 1 heterocycles. The normalized spacial score (nSPS) is 10.6. The number of aryl methyl sites for hydroxylation is 1. The third kappa shape index (κ3) is 6.07. The van der Waals surface area contributed by atoms with Crippen LogP contribution in [0.25, 0.3) is 0 Å². The number of rotatable bonds is 8. The molecule has 2 N–H and O–H groups in total. The number of hydrogen-bond acceptors (Lipinski definition) is 6. The molecule has 7 nitrogen and oxygen atoms in total. The largest absolute Gasteiger partial charge is 0.495 e. The number of carbonyl (C=O) groups is 2. The molecule has 3 aromatic carbocycles. The Morgan fingerprint density at radius 2 is 1.83 bits per heavy atom. The highest BCUT2D eigenvalue weighted by Crippen LogP contribution is 2.30. The number of ether oxygens (including phenoxy) is 1. The molecule has 0 saturated carbocycles. The van der Waals surface area contributed by atoms with Gasteiger partial charge in [-0.15, -0.1) is 11.8 Å². The van der Waals surface area contributed by atoms with Crippen LogP contribution in [0.3, 0.4) is 0 Å². The monoisotopic (exact) mass is 491 g/mol. The van der Waals surface area contributed by atoms with Crippen LogP contribution in [0.5, 0.6) is 5.75 Å². The van der Waals surface area contributed by atoms with Gasteiger partial charge in [0, 0.05) is 22.2 Å². The summed E-state index contributed by atoms with van der Waals surface area (Å²) in [5.74, 6) is 0.317. The SMILES string of the molecule is COc1ccc(NC(=O)c2ccccc2SCc2cc(C)no2)cc1NC(=O)c1cccc(F)c1. The molecule has 1 aromatic heterocycles. The van der Waals surface area contributed by atoms with E-state index in [2.05, 4.69) is 15.8 Å². The van der Waals surface area contributed by atoms with Gasteiger partial charge in [-0.2, -0.15) is 0 Å². The van der Waals surface area contributed by atoms with E-state index in [-0.39, 0.29) is 11.5 Å². The summed E-state index contributed by atoms with van der Waals surface area (Å²) >= 11 is 1.47. The van der Waals surface area contributed by atoms with Crippen LogP contribution in [0, 0.1) is 12.7 Å². The van der Waals surface area contributed by atoms with E-state index in [0.29, 0.717) is 28.4 Å². The fourth-order valence-electron chi connectivity index (χ4n) is 3.32. The quantitative estimate of drug-likeness (QED) is 0.297. The van der Waals surface area contributed by atoms with E-state index in [4.69, 9.17) is 9.26 Å². The van der Waals surface area contributed by atoms with E-state index in [1.807, 2.05) is 25.1 Å². The van der Waals surface area contributed by atoms with Crippen molar-refractivity contribution in [1.29, 1.82) is 0 Å². The summed E-state index contributed by atoms with van der Waals surface area (Å²) in [6, 6.07) is 19.3. The lowest BCUT2D eigenvalue weighted by Crippen LogP contribution is -2.15. The van der Waals surface area contributed by atoms with Crippen molar-refractivity contribution in [1.82, 2.24) is 5.16 Å². The third-order valence-electron chi connectivity index (χ3n) is 4.97. The van der Waals surface area contributed by atoms with Crippen molar-refractivity contribution in [3.63, 3.8) is 0 Å². The van der Waals surface area contributed by atoms with E-state index in [0.717, 1.165) is 22.4 Å². The lowest BCUT2D eigenvalue weighted by atomic mass is 10.1. The van der Waals surface area contributed by atoms with E-state index in [1.54, 1.807) is 30.3 Å². The predicted octanol–water partition coefficient (Wildman–Crippen LogP) is 5.93. The Morgan fingerprint density at radius 3 is 2.57 bits per heavy atom. The van der Waals surface area contributed by atoms with Crippen LogP contribution in [0.15, 0.2) is 82.2 Å². The van der Waals surface area contributed by atoms with Crippen LogP contribution in [-0.2, 0) is 5.75 Å². The molecule has 178 valence electrons. The Bertz CT molecular complexity index is 1370. The molecule has 0 unspecified atom stereocenters. The molecule has 9 heteroatoms. The molecule has 0 radical (unpaired) electrons. The van der Waals surface area contributed by atoms with Gasteiger partial charge in [0.25, 0.3) is 11.8 Å². The second kappa shape index (κ2) is 10.9. The summed E-state index contributed by atoms with van der Waals surface area (Å²) in [5.41, 5.74) is 2.25. The minimum absolute atomic E-state index is 0.161. The van der Waals surface area contributed by atoms with E-state index >= 15 is 0 Å². The Labute approximate surface area is 205 Å². The number of hydrogen-bond donors (Lipinski definition) is 2. The standard InChI is InChI=1S/C26H22FN3O4S/c1-16-12-20(34-30-16)15-35-24-9-4-3-8-21(24)26(32)28-19-10-11-23(33-2)22(14-19)29-25(31)17-6-5-7-18(27)13-17/h3-14H,15H2,1-2H3,(H,28,32)(H,29,31). The molecule has 0 fully saturated rings. The maximum atomic E-state index is 13.5. The molecule has 0 saturated heterocycles. The predicted molar refractivity (Wildman–Crippen MR) is 133 cm³/mol. The van der Waals surface area contributed by atoms with E-state index < -0.39 is 11.7 Å². The summed E-state index contributed by atoms with van der Waals surface area (Å²) in [5, 5.41) is 9.45. The van der Waals surface area contributed by atoms with Crippen LogP contribution in [-0.4, -0.2) is 24.1 Å². The van der Waals surface area contributed by atoms with Gasteiger partial charge in [-0.3, -0.25) is 9.59 Å². The maximum Gasteiger partial charge on any atom is 0.256 e. The third-order valence-corrected chi connectivity index (χ3v) is 6.07. The molecule has 0 atom stereocenters. The molecular formula is C26H22FN3O4S. The highest BCUT2D eigenvalue weighted by molar-refractivity contribution is 7.98. The van der Waals surface area contributed by atoms with Crippen LogP contribution in [0.4, 0.5) is 15.8 Å². The number of benzene rings is 3. The van der Waals surface area contributed by atoms with Gasteiger partial charge in [0.15, 0.2) is 0 Å². The highest BCUT2D eigenvalue weighted by Gasteiger charge is 2.15. The first kappa shape index (κ1) is 24.0. The topological polar surface area (TPSA) is 93.5 Å². The Hall–Kier alpha value is -4.11. The summed E-state index contributed by atoms with van der Waals surface area (Å²) in [6.45, 7) is 1.85. The molecule has 35 heavy (non-hydrogen) atoms. The molecular weight excluding hydrogens is 469 g/mol. The van der Waals surface area contributed by atoms with Crippen molar-refractivity contribution in [2.24, 2.45) is 0 Å². The van der Waals surface area contributed by atoms with E-state index in [9.17, 15) is 14.0 Å². The number of methoxy groups -OCH3 is 1. The first-order valence-corrected chi connectivity index (χ1v) is 11.6. The summed E-state index contributed by atoms with van der Waals surface area (Å²) in [7, 11) is 1.47. The van der Waals surface area contributed by atoms with Crippen LogP contribution in [0.1, 0.15) is 32.2 Å². The van der Waals surface area contributed by atoms with Crippen LogP contribution >= 0.6 is 11.8 Å². The van der Waals surface area contributed by atoms with Crippen molar-refractivity contribution in [3.05, 3.63) is 101 Å². The number of carbonyl (C=O) groups excluding carboxylic acids is 2. The molecule has 0 aliphatic heterocycles. The summed E-state index contributed by atoms with van der Waals surface area (Å²) in [4.78, 5) is 26.5. The van der Waals surface area contributed by atoms with Gasteiger partial charge in [0.05, 0.1) is 29.8 Å². The van der Waals surface area contributed by atoms with Crippen molar-refractivity contribution in [2.75, 3.05) is 17.7 Å². The molecule has 4 aromatic rings. The van der Waals surface area contributed by atoms with Gasteiger partial charge >= 0.3 is 0 Å². The zero-order chi connectivity index (χ0) is 24.8. The molecule has 0 aliphatic rings. The second-order valence-electron chi connectivity index (χ2n) is 7.55. The van der Waals surface area contributed by atoms with E-state index in [1.165, 1.54) is 37.1 Å². The lowest BCUT2D eigenvalue weighted by Gasteiger charge is -2.14. The summed E-state index contributed by atoms with van der Waals surface area (Å²) in [6.07, 6.45) is 0. The van der Waals surface area contributed by atoms with Gasteiger partial charge in [0.2, 0.25) is 0 Å². The second-order valence-corrected chi connectivity index (χ2v) is 8.57.